The van der Waals surface area contributed by atoms with Gasteiger partial charge in [-0.15, -0.1) is 11.3 Å². The molecule has 3 N–H and O–H groups in total. The molecule has 1 aromatic carbocycles. The molecule has 0 unspecified atom stereocenters. The molecule has 3 rings (SSSR count). The Kier molecular flexibility index (Phi) is 2.97. The number of rotatable bonds is 3. The number of hydrogen-bond acceptors (Lipinski definition) is 5. The fourth-order valence-electron chi connectivity index (χ4n) is 1.76. The SMILES string of the molecule is Cc1ccc(N)cc1Nc1nc(-c2ccco2)cs1. The van der Waals surface area contributed by atoms with Crippen LogP contribution >= 0.6 is 11.3 Å². The first-order chi connectivity index (χ1) is 9.22. The van der Waals surface area contributed by atoms with Gasteiger partial charge in [0.25, 0.3) is 0 Å². The Bertz CT molecular complexity index is 689. The highest BCUT2D eigenvalue weighted by Crippen LogP contribution is 2.29. The van der Waals surface area contributed by atoms with Gasteiger partial charge in [-0.05, 0) is 36.8 Å². The van der Waals surface area contributed by atoms with E-state index in [2.05, 4.69) is 10.3 Å². The molecule has 0 fully saturated rings. The summed E-state index contributed by atoms with van der Waals surface area (Å²) in [5.41, 5.74) is 9.46. The molecule has 0 radical (unpaired) electrons. The Morgan fingerprint density at radius 3 is 3.00 bits per heavy atom. The van der Waals surface area contributed by atoms with Crippen LogP contribution in [0.4, 0.5) is 16.5 Å². The second kappa shape index (κ2) is 4.78. The molecule has 0 aliphatic carbocycles. The van der Waals surface area contributed by atoms with Crippen molar-refractivity contribution < 1.29 is 4.42 Å². The quantitative estimate of drug-likeness (QED) is 0.706. The highest BCUT2D eigenvalue weighted by molar-refractivity contribution is 7.14. The van der Waals surface area contributed by atoms with Crippen LogP contribution < -0.4 is 11.1 Å². The number of nitrogen functional groups attached to an aromatic ring is 1. The standard InChI is InChI=1S/C14H13N3OS/c1-9-4-5-10(15)7-11(9)16-14-17-12(8-19-14)13-3-2-6-18-13/h2-8H,15H2,1H3,(H,16,17). The Morgan fingerprint density at radius 1 is 1.32 bits per heavy atom. The second-order valence-electron chi connectivity index (χ2n) is 4.21. The average molecular weight is 271 g/mol. The Labute approximate surface area is 114 Å². The third-order valence-electron chi connectivity index (χ3n) is 2.78. The fourth-order valence-corrected chi connectivity index (χ4v) is 2.47. The van der Waals surface area contributed by atoms with Crippen LogP contribution in [0, 0.1) is 6.92 Å². The molecule has 0 atom stereocenters. The molecular formula is C14H13N3OS. The van der Waals surface area contributed by atoms with Crippen LogP contribution in [-0.4, -0.2) is 4.98 Å². The van der Waals surface area contributed by atoms with Gasteiger partial charge < -0.3 is 15.5 Å². The maximum absolute atomic E-state index is 5.79. The maximum atomic E-state index is 5.79. The number of furan rings is 1. The minimum atomic E-state index is 0.732. The van der Waals surface area contributed by atoms with Crippen LogP contribution in [0.2, 0.25) is 0 Å². The first-order valence-corrected chi connectivity index (χ1v) is 6.73. The Morgan fingerprint density at radius 2 is 2.21 bits per heavy atom. The van der Waals surface area contributed by atoms with E-state index >= 15 is 0 Å². The summed E-state index contributed by atoms with van der Waals surface area (Å²) < 4.78 is 5.32. The van der Waals surface area contributed by atoms with Gasteiger partial charge >= 0.3 is 0 Å². The predicted molar refractivity (Wildman–Crippen MR) is 78.7 cm³/mol. The summed E-state index contributed by atoms with van der Waals surface area (Å²) in [6, 6.07) is 9.52. The lowest BCUT2D eigenvalue weighted by Gasteiger charge is -2.07. The van der Waals surface area contributed by atoms with E-state index in [4.69, 9.17) is 10.2 Å². The largest absolute Gasteiger partial charge is 0.463 e. The van der Waals surface area contributed by atoms with Crippen LogP contribution in [0.15, 0.2) is 46.4 Å². The molecule has 0 amide bonds. The van der Waals surface area contributed by atoms with Crippen molar-refractivity contribution in [3.8, 4) is 11.5 Å². The second-order valence-corrected chi connectivity index (χ2v) is 5.07. The van der Waals surface area contributed by atoms with Gasteiger partial charge in [-0.3, -0.25) is 0 Å². The zero-order valence-electron chi connectivity index (χ0n) is 10.4. The molecular weight excluding hydrogens is 258 g/mol. The maximum Gasteiger partial charge on any atom is 0.187 e. The zero-order valence-corrected chi connectivity index (χ0v) is 11.2. The van der Waals surface area contributed by atoms with Crippen molar-refractivity contribution in [3.63, 3.8) is 0 Å². The number of nitrogens with one attached hydrogen (secondary N) is 1. The van der Waals surface area contributed by atoms with Crippen molar-refractivity contribution in [2.24, 2.45) is 0 Å². The van der Waals surface area contributed by atoms with E-state index in [0.29, 0.717) is 0 Å². The molecule has 0 saturated heterocycles. The number of thiazole rings is 1. The van der Waals surface area contributed by atoms with Crippen molar-refractivity contribution >= 4 is 27.8 Å². The number of aryl methyl sites for hydroxylation is 1. The fraction of sp³-hybridized carbons (Fsp3) is 0.0714. The van der Waals surface area contributed by atoms with E-state index in [9.17, 15) is 0 Å². The molecule has 96 valence electrons. The normalized spacial score (nSPS) is 10.6. The highest BCUT2D eigenvalue weighted by atomic mass is 32.1. The van der Waals surface area contributed by atoms with E-state index in [-0.39, 0.29) is 0 Å². The first-order valence-electron chi connectivity index (χ1n) is 5.85. The van der Waals surface area contributed by atoms with Gasteiger partial charge in [0, 0.05) is 16.8 Å². The van der Waals surface area contributed by atoms with Gasteiger partial charge in [0.2, 0.25) is 0 Å². The Hall–Kier alpha value is -2.27. The number of anilines is 3. The van der Waals surface area contributed by atoms with Crippen LogP contribution in [-0.2, 0) is 0 Å². The van der Waals surface area contributed by atoms with Crippen molar-refractivity contribution in [1.29, 1.82) is 0 Å². The molecule has 2 aromatic heterocycles. The first kappa shape index (κ1) is 11.8. The smallest absolute Gasteiger partial charge is 0.187 e. The van der Waals surface area contributed by atoms with E-state index in [1.165, 1.54) is 11.3 Å². The van der Waals surface area contributed by atoms with Crippen molar-refractivity contribution in [3.05, 3.63) is 47.5 Å². The topological polar surface area (TPSA) is 64.1 Å². The zero-order chi connectivity index (χ0) is 13.2. The lowest BCUT2D eigenvalue weighted by Crippen LogP contribution is -1.94. The molecule has 3 aromatic rings. The number of aromatic nitrogens is 1. The average Bonchev–Trinajstić information content (AvgIpc) is 3.04. The number of nitrogens with two attached hydrogens (primary N) is 1. The molecule has 5 heteroatoms. The highest BCUT2D eigenvalue weighted by Gasteiger charge is 2.08. The summed E-state index contributed by atoms with van der Waals surface area (Å²) in [5, 5.41) is 6.06. The van der Waals surface area contributed by atoms with E-state index in [1.54, 1.807) is 6.26 Å². The van der Waals surface area contributed by atoms with Crippen molar-refractivity contribution in [1.82, 2.24) is 4.98 Å². The van der Waals surface area contributed by atoms with Gasteiger partial charge in [-0.2, -0.15) is 0 Å². The summed E-state index contributed by atoms with van der Waals surface area (Å²) in [6.07, 6.45) is 1.64. The van der Waals surface area contributed by atoms with Crippen molar-refractivity contribution in [2.75, 3.05) is 11.1 Å². The van der Waals surface area contributed by atoms with Crippen LogP contribution in [0.1, 0.15) is 5.56 Å². The number of hydrogen-bond donors (Lipinski definition) is 2. The van der Waals surface area contributed by atoms with Crippen LogP contribution in [0.5, 0.6) is 0 Å². The molecule has 2 heterocycles. The molecule has 0 aliphatic heterocycles. The summed E-state index contributed by atoms with van der Waals surface area (Å²) >= 11 is 1.53. The predicted octanol–water partition coefficient (Wildman–Crippen LogP) is 4.04. The van der Waals surface area contributed by atoms with Gasteiger partial charge in [0.15, 0.2) is 10.9 Å². The van der Waals surface area contributed by atoms with Crippen molar-refractivity contribution in [2.45, 2.75) is 6.92 Å². The molecule has 0 spiro atoms. The number of benzene rings is 1. The minimum absolute atomic E-state index is 0.732. The van der Waals surface area contributed by atoms with Gasteiger partial charge in [0.05, 0.1) is 6.26 Å². The van der Waals surface area contributed by atoms with Gasteiger partial charge in [-0.1, -0.05) is 6.07 Å². The summed E-state index contributed by atoms with van der Waals surface area (Å²) in [5.74, 6) is 0.772. The molecule has 0 bridgehead atoms. The summed E-state index contributed by atoms with van der Waals surface area (Å²) in [4.78, 5) is 4.49. The third kappa shape index (κ3) is 2.46. The summed E-state index contributed by atoms with van der Waals surface area (Å²) in [7, 11) is 0. The van der Waals surface area contributed by atoms with Crippen LogP contribution in [0.25, 0.3) is 11.5 Å². The van der Waals surface area contributed by atoms with Gasteiger partial charge in [0.1, 0.15) is 5.69 Å². The monoisotopic (exact) mass is 271 g/mol. The Balaban J connectivity index is 1.86. The molecule has 4 nitrogen and oxygen atoms in total. The van der Waals surface area contributed by atoms with E-state index in [1.807, 2.05) is 42.6 Å². The third-order valence-corrected chi connectivity index (χ3v) is 3.54. The minimum Gasteiger partial charge on any atom is -0.463 e. The lowest BCUT2D eigenvalue weighted by atomic mass is 10.2. The van der Waals surface area contributed by atoms with Gasteiger partial charge in [-0.25, -0.2) is 4.98 Å². The molecule has 0 aliphatic rings. The summed E-state index contributed by atoms with van der Waals surface area (Å²) in [6.45, 7) is 2.03. The molecule has 0 saturated carbocycles. The van der Waals surface area contributed by atoms with E-state index < -0.39 is 0 Å². The van der Waals surface area contributed by atoms with Crippen LogP contribution in [0.3, 0.4) is 0 Å². The molecule has 19 heavy (non-hydrogen) atoms. The van der Waals surface area contributed by atoms with E-state index in [0.717, 1.165) is 33.5 Å². The number of nitrogens with zero attached hydrogens (tertiary/aromatic N) is 1. The lowest BCUT2D eigenvalue weighted by molar-refractivity contribution is 0.580.